The molecule has 29 heavy (non-hydrogen) atoms. The summed E-state index contributed by atoms with van der Waals surface area (Å²) < 4.78 is 26.4. The summed E-state index contributed by atoms with van der Waals surface area (Å²) >= 11 is 0. The number of nitrogens with zero attached hydrogens (tertiary/aromatic N) is 4. The SMILES string of the molecule is COC[C@H]1O[C@@H](n2cnc3c(Nc4ccc(O)cc4F)nc(C)nc32)[C@H](O)[C@@H]1O. The van der Waals surface area contributed by atoms with E-state index in [9.17, 15) is 19.7 Å². The maximum atomic E-state index is 14.1. The molecule has 1 saturated heterocycles. The summed E-state index contributed by atoms with van der Waals surface area (Å²) in [6.07, 6.45) is -2.57. The van der Waals surface area contributed by atoms with Crippen LogP contribution in [0.15, 0.2) is 24.5 Å². The van der Waals surface area contributed by atoms with Crippen LogP contribution < -0.4 is 5.32 Å². The van der Waals surface area contributed by atoms with Gasteiger partial charge in [0, 0.05) is 13.2 Å². The molecule has 11 heteroatoms. The van der Waals surface area contributed by atoms with E-state index in [4.69, 9.17) is 9.47 Å². The van der Waals surface area contributed by atoms with Crippen LogP contribution >= 0.6 is 0 Å². The lowest BCUT2D eigenvalue weighted by molar-refractivity contribution is -0.0580. The third-order valence-electron chi connectivity index (χ3n) is 4.68. The third kappa shape index (κ3) is 3.49. The predicted octanol–water partition coefficient (Wildman–Crippen LogP) is 0.989. The molecule has 10 nitrogen and oxygen atoms in total. The highest BCUT2D eigenvalue weighted by Crippen LogP contribution is 2.33. The highest BCUT2D eigenvalue weighted by molar-refractivity contribution is 5.85. The molecule has 1 aromatic carbocycles. The van der Waals surface area contributed by atoms with E-state index in [1.807, 2.05) is 0 Å². The second kappa shape index (κ2) is 7.52. The second-order valence-electron chi connectivity index (χ2n) is 6.73. The Balaban J connectivity index is 1.72. The fraction of sp³-hybridized carbons (Fsp3) is 0.389. The smallest absolute Gasteiger partial charge is 0.167 e. The number of imidazole rings is 1. The van der Waals surface area contributed by atoms with Gasteiger partial charge < -0.3 is 30.1 Å². The van der Waals surface area contributed by atoms with Gasteiger partial charge in [0.2, 0.25) is 0 Å². The molecule has 1 aliphatic rings. The fourth-order valence-corrected chi connectivity index (χ4v) is 3.29. The molecule has 4 atom stereocenters. The van der Waals surface area contributed by atoms with Gasteiger partial charge in [0.05, 0.1) is 18.6 Å². The van der Waals surface area contributed by atoms with Crippen LogP contribution in [-0.2, 0) is 9.47 Å². The highest BCUT2D eigenvalue weighted by Gasteiger charge is 2.44. The van der Waals surface area contributed by atoms with Crippen molar-refractivity contribution >= 4 is 22.7 Å². The van der Waals surface area contributed by atoms with Crippen molar-refractivity contribution in [1.82, 2.24) is 19.5 Å². The number of rotatable bonds is 5. The summed E-state index contributed by atoms with van der Waals surface area (Å²) in [6, 6.07) is 3.70. The molecule has 1 aliphatic heterocycles. The number of aromatic nitrogens is 4. The summed E-state index contributed by atoms with van der Waals surface area (Å²) in [7, 11) is 1.47. The van der Waals surface area contributed by atoms with Crippen molar-refractivity contribution in [3.8, 4) is 5.75 Å². The summed E-state index contributed by atoms with van der Waals surface area (Å²) in [5.41, 5.74) is 0.765. The number of phenolic OH excluding ortho intramolecular Hbond substituents is 1. The number of aryl methyl sites for hydroxylation is 1. The number of aliphatic hydroxyl groups excluding tert-OH is 2. The molecule has 0 unspecified atom stereocenters. The van der Waals surface area contributed by atoms with Crippen LogP contribution in [0.1, 0.15) is 12.1 Å². The number of aliphatic hydroxyl groups is 2. The number of benzene rings is 1. The molecule has 3 aromatic rings. The topological polar surface area (TPSA) is 135 Å². The first kappa shape index (κ1) is 19.5. The zero-order valence-electron chi connectivity index (χ0n) is 15.7. The van der Waals surface area contributed by atoms with Crippen LogP contribution in [0.4, 0.5) is 15.9 Å². The standard InChI is InChI=1S/C18H20FN5O5/c1-8-21-16(23-11-4-3-9(25)5-10(11)19)13-17(22-8)24(7-20-13)18-15(27)14(26)12(29-18)6-28-2/h3-5,7,12,14-15,18,25-27H,6H2,1-2H3,(H,21,22,23)/t12-,14-,15-,18-/m1/s1. The van der Waals surface area contributed by atoms with Crippen LogP contribution in [0.25, 0.3) is 11.2 Å². The summed E-state index contributed by atoms with van der Waals surface area (Å²) in [4.78, 5) is 12.9. The van der Waals surface area contributed by atoms with Gasteiger partial charge in [-0.2, -0.15) is 0 Å². The number of halogens is 1. The summed E-state index contributed by atoms with van der Waals surface area (Å²) in [5, 5.41) is 32.8. The van der Waals surface area contributed by atoms with E-state index < -0.39 is 30.4 Å². The third-order valence-corrected chi connectivity index (χ3v) is 4.68. The molecule has 3 heterocycles. The van der Waals surface area contributed by atoms with Gasteiger partial charge in [0.15, 0.2) is 23.2 Å². The van der Waals surface area contributed by atoms with E-state index >= 15 is 0 Å². The Morgan fingerprint density at radius 2 is 2.07 bits per heavy atom. The van der Waals surface area contributed by atoms with Gasteiger partial charge in [-0.25, -0.2) is 19.3 Å². The Bertz CT molecular complexity index is 1040. The lowest BCUT2D eigenvalue weighted by Crippen LogP contribution is -2.33. The number of hydrogen-bond acceptors (Lipinski definition) is 9. The number of phenols is 1. The minimum absolute atomic E-state index is 0.101. The minimum Gasteiger partial charge on any atom is -0.508 e. The van der Waals surface area contributed by atoms with Crippen LogP contribution in [-0.4, -0.2) is 66.9 Å². The summed E-state index contributed by atoms with van der Waals surface area (Å²) in [5.74, 6) is -0.230. The van der Waals surface area contributed by atoms with E-state index in [0.717, 1.165) is 6.07 Å². The van der Waals surface area contributed by atoms with Crippen molar-refractivity contribution in [3.05, 3.63) is 36.2 Å². The number of fused-ring (bicyclic) bond motifs is 1. The normalized spacial score (nSPS) is 24.3. The van der Waals surface area contributed by atoms with Gasteiger partial charge in [-0.15, -0.1) is 0 Å². The number of nitrogens with one attached hydrogen (secondary N) is 1. The molecule has 1 fully saturated rings. The van der Waals surface area contributed by atoms with Crippen molar-refractivity contribution in [1.29, 1.82) is 0 Å². The zero-order chi connectivity index (χ0) is 20.7. The lowest BCUT2D eigenvalue weighted by Gasteiger charge is -2.17. The van der Waals surface area contributed by atoms with E-state index in [1.54, 1.807) is 6.92 Å². The quantitative estimate of drug-likeness (QED) is 0.458. The Morgan fingerprint density at radius 1 is 1.28 bits per heavy atom. The van der Waals surface area contributed by atoms with Gasteiger partial charge in [-0.3, -0.25) is 4.57 Å². The Morgan fingerprint density at radius 3 is 2.79 bits per heavy atom. The maximum Gasteiger partial charge on any atom is 0.167 e. The lowest BCUT2D eigenvalue weighted by atomic mass is 10.1. The predicted molar refractivity (Wildman–Crippen MR) is 99.2 cm³/mol. The van der Waals surface area contributed by atoms with Crippen molar-refractivity contribution in [2.75, 3.05) is 19.0 Å². The van der Waals surface area contributed by atoms with Crippen molar-refractivity contribution in [3.63, 3.8) is 0 Å². The molecule has 0 bridgehead atoms. The minimum atomic E-state index is -1.21. The van der Waals surface area contributed by atoms with Crippen LogP contribution in [0.3, 0.4) is 0 Å². The number of hydrogen-bond donors (Lipinski definition) is 4. The molecular formula is C18H20FN5O5. The second-order valence-corrected chi connectivity index (χ2v) is 6.73. The number of aromatic hydroxyl groups is 1. The van der Waals surface area contributed by atoms with Gasteiger partial charge in [-0.05, 0) is 19.1 Å². The first-order chi connectivity index (χ1) is 13.9. The Labute approximate surface area is 164 Å². The van der Waals surface area contributed by atoms with Crippen molar-refractivity contribution < 1.29 is 29.2 Å². The van der Waals surface area contributed by atoms with E-state index in [0.29, 0.717) is 17.0 Å². The van der Waals surface area contributed by atoms with E-state index in [-0.39, 0.29) is 23.9 Å². The van der Waals surface area contributed by atoms with Crippen LogP contribution in [0.5, 0.6) is 5.75 Å². The number of ether oxygens (including phenoxy) is 2. The van der Waals surface area contributed by atoms with Gasteiger partial charge in [-0.1, -0.05) is 0 Å². The van der Waals surface area contributed by atoms with Crippen LogP contribution in [0, 0.1) is 12.7 Å². The van der Waals surface area contributed by atoms with Crippen molar-refractivity contribution in [2.24, 2.45) is 0 Å². The molecular weight excluding hydrogens is 385 g/mol. The molecule has 0 spiro atoms. The average Bonchev–Trinajstić information content (AvgIpc) is 3.20. The van der Waals surface area contributed by atoms with Gasteiger partial charge in [0.1, 0.15) is 35.7 Å². The van der Waals surface area contributed by atoms with Crippen molar-refractivity contribution in [2.45, 2.75) is 31.5 Å². The first-order valence-electron chi connectivity index (χ1n) is 8.86. The van der Waals surface area contributed by atoms with Crippen LogP contribution in [0.2, 0.25) is 0 Å². The van der Waals surface area contributed by atoms with E-state index in [2.05, 4.69) is 20.3 Å². The largest absolute Gasteiger partial charge is 0.508 e. The van der Waals surface area contributed by atoms with Gasteiger partial charge in [0.25, 0.3) is 0 Å². The molecule has 0 radical (unpaired) electrons. The Hall–Kier alpha value is -2.86. The molecule has 154 valence electrons. The Kier molecular flexibility index (Phi) is 5.04. The van der Waals surface area contributed by atoms with Gasteiger partial charge >= 0.3 is 0 Å². The molecule has 4 rings (SSSR count). The average molecular weight is 405 g/mol. The molecule has 4 N–H and O–H groups in total. The van der Waals surface area contributed by atoms with E-state index in [1.165, 1.54) is 30.1 Å². The molecule has 0 aliphatic carbocycles. The fourth-order valence-electron chi connectivity index (χ4n) is 3.29. The first-order valence-corrected chi connectivity index (χ1v) is 8.86. The maximum absolute atomic E-state index is 14.1. The summed E-state index contributed by atoms with van der Waals surface area (Å²) in [6.45, 7) is 1.77. The molecule has 0 amide bonds. The molecule has 0 saturated carbocycles. The monoisotopic (exact) mass is 405 g/mol. The number of anilines is 2. The number of methoxy groups -OCH3 is 1. The molecule has 2 aromatic heterocycles. The highest BCUT2D eigenvalue weighted by atomic mass is 19.1. The zero-order valence-corrected chi connectivity index (χ0v) is 15.7.